The van der Waals surface area contributed by atoms with Crippen LogP contribution in [0.2, 0.25) is 0 Å². The number of hydrogen-bond donors (Lipinski definition) is 0. The van der Waals surface area contributed by atoms with E-state index in [1.807, 2.05) is 0 Å². The second-order valence-electron chi connectivity index (χ2n) is 8.85. The van der Waals surface area contributed by atoms with Gasteiger partial charge in [-0.25, -0.2) is 0 Å². The molecular formula is C26H28Cl3P3S2. The molecule has 4 aromatic rings. The summed E-state index contributed by atoms with van der Waals surface area (Å²) in [5.74, 6) is 0. The molecule has 3 atom stereocenters. The monoisotopic (exact) mass is 602 g/mol. The van der Waals surface area contributed by atoms with E-state index in [9.17, 15) is 0 Å². The van der Waals surface area contributed by atoms with Crippen LogP contribution in [-0.2, 0) is 10.6 Å². The molecule has 0 saturated heterocycles. The molecule has 0 bridgehead atoms. The molecule has 180 valence electrons. The molecule has 2 aromatic heterocycles. The number of halogens is 3. The van der Waals surface area contributed by atoms with Crippen molar-refractivity contribution < 1.29 is 0 Å². The van der Waals surface area contributed by atoms with Gasteiger partial charge < -0.3 is 0 Å². The molecule has 2 heterocycles. The quantitative estimate of drug-likeness (QED) is 0.167. The first-order valence-corrected chi connectivity index (χ1v) is 21.7. The van der Waals surface area contributed by atoms with Crippen molar-refractivity contribution in [1.82, 2.24) is 0 Å². The summed E-state index contributed by atoms with van der Waals surface area (Å²) in [5.41, 5.74) is 1.96. The summed E-state index contributed by atoms with van der Waals surface area (Å²) in [6, 6.07) is 30.4. The van der Waals surface area contributed by atoms with Crippen LogP contribution in [0.3, 0.4) is 0 Å². The Morgan fingerprint density at radius 3 is 1.50 bits per heavy atom. The molecule has 8 heteroatoms. The fourth-order valence-corrected chi connectivity index (χ4v) is 27.0. The molecule has 0 aliphatic heterocycles. The SMILES string of the molecule is CC(C)P(Cl)(PCl)(PCl)C(C)(c1cccs1)C(c1ccccc1)(c1ccccc1)c1cccs1. The van der Waals surface area contributed by atoms with E-state index in [1.54, 1.807) is 22.7 Å². The van der Waals surface area contributed by atoms with Crippen molar-refractivity contribution in [2.24, 2.45) is 0 Å². The topological polar surface area (TPSA) is 0 Å². The van der Waals surface area contributed by atoms with Gasteiger partial charge in [-0.05, 0) is 0 Å². The maximum absolute atomic E-state index is 8.20. The minimum absolute atomic E-state index is 0.0195. The molecule has 4 rings (SSSR count). The van der Waals surface area contributed by atoms with Crippen LogP contribution in [0.25, 0.3) is 0 Å². The standard InChI is InChI=1S/C26H28Cl3P3S2/c1-20(2)32(29,30-27,31-28)25(3,23-16-10-18-33-23)26(24-17-11-19-34-24,21-12-6-4-7-13-21)22-14-8-5-9-15-22/h4-20,30-31H,1-3H3. The summed E-state index contributed by atoms with van der Waals surface area (Å²) in [6.07, 6.45) is 0. The molecular weight excluding hydrogens is 576 g/mol. The third kappa shape index (κ3) is 3.71. The predicted molar refractivity (Wildman–Crippen MR) is 165 cm³/mol. The summed E-state index contributed by atoms with van der Waals surface area (Å²) < 4.78 is 0. The van der Waals surface area contributed by atoms with Gasteiger partial charge >= 0.3 is 231 Å². The molecule has 0 N–H and O–H groups in total. The zero-order valence-corrected chi connectivity index (χ0v) is 26.0. The molecule has 0 radical (unpaired) electrons. The van der Waals surface area contributed by atoms with E-state index >= 15 is 0 Å². The van der Waals surface area contributed by atoms with Crippen molar-refractivity contribution in [2.45, 2.75) is 37.0 Å². The summed E-state index contributed by atoms with van der Waals surface area (Å²) in [6.45, 7) is 6.79. The number of rotatable bonds is 9. The summed E-state index contributed by atoms with van der Waals surface area (Å²) in [4.78, 5) is 2.48. The van der Waals surface area contributed by atoms with Gasteiger partial charge in [0.25, 0.3) is 0 Å². The number of hydrogen-bond acceptors (Lipinski definition) is 2. The molecule has 0 saturated carbocycles. The van der Waals surface area contributed by atoms with Crippen molar-refractivity contribution in [1.29, 1.82) is 0 Å². The Balaban J connectivity index is 2.33. The Morgan fingerprint density at radius 1 is 0.706 bits per heavy atom. The van der Waals surface area contributed by atoms with Crippen molar-refractivity contribution in [3.05, 3.63) is 117 Å². The van der Waals surface area contributed by atoms with Crippen molar-refractivity contribution >= 4 is 77.0 Å². The zero-order valence-electron chi connectivity index (χ0n) is 19.2. The second-order valence-corrected chi connectivity index (χ2v) is 29.9. The van der Waals surface area contributed by atoms with E-state index in [0.29, 0.717) is 0 Å². The van der Waals surface area contributed by atoms with E-state index < -0.39 is 15.9 Å². The fourth-order valence-electron chi connectivity index (χ4n) is 5.30. The van der Waals surface area contributed by atoms with Gasteiger partial charge in [0.2, 0.25) is 0 Å². The molecule has 34 heavy (non-hydrogen) atoms. The Hall–Kier alpha value is 0.000000000000000472. The van der Waals surface area contributed by atoms with Crippen LogP contribution in [0.5, 0.6) is 0 Å². The minimum atomic E-state index is -3.38. The molecule has 0 aliphatic carbocycles. The van der Waals surface area contributed by atoms with Gasteiger partial charge in [-0.15, -0.1) is 0 Å². The Labute approximate surface area is 229 Å². The third-order valence-electron chi connectivity index (χ3n) is 7.21. The van der Waals surface area contributed by atoms with Gasteiger partial charge in [-0.1, -0.05) is 0 Å². The van der Waals surface area contributed by atoms with Gasteiger partial charge in [0, 0.05) is 0 Å². The van der Waals surface area contributed by atoms with Crippen molar-refractivity contribution in [3.8, 4) is 0 Å². The second kappa shape index (κ2) is 10.4. The van der Waals surface area contributed by atoms with Crippen LogP contribution in [0.15, 0.2) is 95.7 Å². The van der Waals surface area contributed by atoms with Crippen LogP contribution in [-0.4, -0.2) is 5.66 Å². The number of thiophene rings is 2. The Bertz CT molecular complexity index is 1160. The van der Waals surface area contributed by atoms with Crippen LogP contribution in [0, 0.1) is 0 Å². The molecule has 0 spiro atoms. The maximum atomic E-state index is 8.20. The van der Waals surface area contributed by atoms with Crippen LogP contribution in [0.1, 0.15) is 41.7 Å². The molecule has 0 aliphatic rings. The zero-order chi connectivity index (χ0) is 24.5. The van der Waals surface area contributed by atoms with Gasteiger partial charge in [-0.2, -0.15) is 0 Å². The average Bonchev–Trinajstić information content (AvgIpc) is 3.60. The fraction of sp³-hybridized carbons (Fsp3) is 0.231. The van der Waals surface area contributed by atoms with Crippen LogP contribution >= 0.6 is 77.0 Å². The van der Waals surface area contributed by atoms with Gasteiger partial charge in [0.1, 0.15) is 0 Å². The summed E-state index contributed by atoms with van der Waals surface area (Å²) in [5, 5.41) is 0.358. The van der Waals surface area contributed by atoms with E-state index in [4.69, 9.17) is 33.7 Å². The Morgan fingerprint density at radius 2 is 1.15 bits per heavy atom. The van der Waals surface area contributed by atoms with E-state index in [2.05, 4.69) is 116 Å². The molecule has 3 unspecified atom stereocenters. The van der Waals surface area contributed by atoms with Gasteiger partial charge in [-0.3, -0.25) is 0 Å². The molecule has 0 fully saturated rings. The molecule has 2 aromatic carbocycles. The first-order chi connectivity index (χ1) is 16.3. The Kier molecular flexibility index (Phi) is 8.27. The van der Waals surface area contributed by atoms with E-state index in [0.717, 1.165) is 0 Å². The average molecular weight is 604 g/mol. The first kappa shape index (κ1) is 27.0. The summed E-state index contributed by atoms with van der Waals surface area (Å²) >= 11 is 25.9. The molecule has 0 nitrogen and oxygen atoms in total. The van der Waals surface area contributed by atoms with Gasteiger partial charge in [0.15, 0.2) is 0 Å². The summed E-state index contributed by atoms with van der Waals surface area (Å²) in [7, 11) is 0.0390. The first-order valence-electron chi connectivity index (χ1n) is 11.0. The van der Waals surface area contributed by atoms with Crippen molar-refractivity contribution in [3.63, 3.8) is 0 Å². The van der Waals surface area contributed by atoms with Crippen molar-refractivity contribution in [2.75, 3.05) is 0 Å². The normalized spacial score (nSPS) is 16.3. The predicted octanol–water partition coefficient (Wildman–Crippen LogP) is 11.7. The van der Waals surface area contributed by atoms with Crippen LogP contribution in [0.4, 0.5) is 0 Å². The number of benzene rings is 2. The van der Waals surface area contributed by atoms with Gasteiger partial charge in [0.05, 0.1) is 0 Å². The third-order valence-corrected chi connectivity index (χ3v) is 38.3. The van der Waals surface area contributed by atoms with E-state index in [1.165, 1.54) is 20.9 Å². The van der Waals surface area contributed by atoms with Crippen LogP contribution < -0.4 is 0 Å². The van der Waals surface area contributed by atoms with E-state index in [-0.39, 0.29) is 20.9 Å². The molecule has 0 amide bonds.